The van der Waals surface area contributed by atoms with Gasteiger partial charge in [0.2, 0.25) is 0 Å². The Balaban J connectivity index is 2.13. The lowest BCUT2D eigenvalue weighted by Gasteiger charge is -2.33. The standard InChI is InChI=1S/C13H19BrN2O/c14-13-6-12(4-3-11(13)7-15)16-5-1-2-10(8-16)9-17/h3-4,6,10,17H,1-2,5,7-9,15H2. The van der Waals surface area contributed by atoms with Crippen LogP contribution in [0.25, 0.3) is 0 Å². The van der Waals surface area contributed by atoms with Crippen molar-refractivity contribution in [3.8, 4) is 0 Å². The van der Waals surface area contributed by atoms with Crippen molar-refractivity contribution < 1.29 is 5.11 Å². The fraction of sp³-hybridized carbons (Fsp3) is 0.538. The van der Waals surface area contributed by atoms with E-state index in [-0.39, 0.29) is 0 Å². The molecule has 1 aromatic carbocycles. The van der Waals surface area contributed by atoms with E-state index in [1.807, 2.05) is 0 Å². The van der Waals surface area contributed by atoms with E-state index < -0.39 is 0 Å². The second-order valence-electron chi connectivity index (χ2n) is 4.62. The Hall–Kier alpha value is -0.580. The summed E-state index contributed by atoms with van der Waals surface area (Å²) in [5.41, 5.74) is 7.99. The molecule has 3 nitrogen and oxygen atoms in total. The minimum absolute atomic E-state index is 0.290. The van der Waals surface area contributed by atoms with Crippen LogP contribution in [-0.4, -0.2) is 24.8 Å². The number of hydrogen-bond acceptors (Lipinski definition) is 3. The van der Waals surface area contributed by atoms with Gasteiger partial charge >= 0.3 is 0 Å². The number of hydrogen-bond donors (Lipinski definition) is 2. The van der Waals surface area contributed by atoms with Crippen molar-refractivity contribution in [3.63, 3.8) is 0 Å². The summed E-state index contributed by atoms with van der Waals surface area (Å²) in [5, 5.41) is 9.24. The summed E-state index contributed by atoms with van der Waals surface area (Å²) in [7, 11) is 0. The SMILES string of the molecule is NCc1ccc(N2CCCC(CO)C2)cc1Br. The molecule has 4 heteroatoms. The van der Waals surface area contributed by atoms with Crippen LogP contribution in [-0.2, 0) is 6.54 Å². The number of nitrogens with zero attached hydrogens (tertiary/aromatic N) is 1. The van der Waals surface area contributed by atoms with Gasteiger partial charge in [0, 0.05) is 36.4 Å². The zero-order chi connectivity index (χ0) is 12.3. The summed E-state index contributed by atoms with van der Waals surface area (Å²) in [4.78, 5) is 2.34. The summed E-state index contributed by atoms with van der Waals surface area (Å²) < 4.78 is 1.07. The van der Waals surface area contributed by atoms with Crippen molar-refractivity contribution in [1.82, 2.24) is 0 Å². The molecule has 1 aliphatic heterocycles. The van der Waals surface area contributed by atoms with Crippen LogP contribution < -0.4 is 10.6 Å². The number of rotatable bonds is 3. The van der Waals surface area contributed by atoms with E-state index in [1.54, 1.807) is 0 Å². The molecule has 0 amide bonds. The molecule has 0 bridgehead atoms. The molecule has 0 aliphatic carbocycles. The zero-order valence-corrected chi connectivity index (χ0v) is 11.5. The predicted octanol–water partition coefficient (Wildman–Crippen LogP) is 2.12. The minimum Gasteiger partial charge on any atom is -0.396 e. The summed E-state index contributed by atoms with van der Waals surface area (Å²) in [5.74, 6) is 0.414. The summed E-state index contributed by atoms with van der Waals surface area (Å²) in [6.07, 6.45) is 2.29. The molecule has 3 N–H and O–H groups in total. The molecule has 0 spiro atoms. The first-order chi connectivity index (χ1) is 8.24. The van der Waals surface area contributed by atoms with Gasteiger partial charge in [0.1, 0.15) is 0 Å². The van der Waals surface area contributed by atoms with E-state index in [0.717, 1.165) is 36.0 Å². The molecular weight excluding hydrogens is 280 g/mol. The second-order valence-corrected chi connectivity index (χ2v) is 5.47. The third-order valence-electron chi connectivity index (χ3n) is 3.40. The molecule has 1 aliphatic rings. The normalized spacial score (nSPS) is 20.6. The molecule has 0 radical (unpaired) electrons. The molecule has 0 saturated carbocycles. The zero-order valence-electron chi connectivity index (χ0n) is 9.90. The van der Waals surface area contributed by atoms with Crippen LogP contribution in [0.3, 0.4) is 0 Å². The largest absolute Gasteiger partial charge is 0.396 e. The van der Waals surface area contributed by atoms with Gasteiger partial charge in [0.25, 0.3) is 0 Å². The Morgan fingerprint density at radius 3 is 2.94 bits per heavy atom. The van der Waals surface area contributed by atoms with Crippen molar-refractivity contribution in [1.29, 1.82) is 0 Å². The van der Waals surface area contributed by atoms with Crippen molar-refractivity contribution in [2.24, 2.45) is 11.7 Å². The maximum absolute atomic E-state index is 9.24. The van der Waals surface area contributed by atoms with Crippen LogP contribution in [0.15, 0.2) is 22.7 Å². The lowest BCUT2D eigenvalue weighted by molar-refractivity contribution is 0.208. The van der Waals surface area contributed by atoms with E-state index >= 15 is 0 Å². The molecule has 1 unspecified atom stereocenters. The highest BCUT2D eigenvalue weighted by molar-refractivity contribution is 9.10. The topological polar surface area (TPSA) is 49.5 Å². The van der Waals surface area contributed by atoms with Crippen LogP contribution >= 0.6 is 15.9 Å². The van der Waals surface area contributed by atoms with Gasteiger partial charge in [0.15, 0.2) is 0 Å². The Morgan fingerprint density at radius 1 is 1.47 bits per heavy atom. The van der Waals surface area contributed by atoms with Crippen molar-refractivity contribution >= 4 is 21.6 Å². The van der Waals surface area contributed by atoms with E-state index in [4.69, 9.17) is 5.73 Å². The predicted molar refractivity (Wildman–Crippen MR) is 74.1 cm³/mol. The Kier molecular flexibility index (Phi) is 4.42. The fourth-order valence-corrected chi connectivity index (χ4v) is 2.88. The minimum atomic E-state index is 0.290. The first-order valence-corrected chi connectivity index (χ1v) is 6.88. The molecule has 94 valence electrons. The molecule has 1 saturated heterocycles. The summed E-state index contributed by atoms with van der Waals surface area (Å²) in [6.45, 7) is 2.87. The maximum atomic E-state index is 9.24. The first kappa shape index (κ1) is 12.9. The average molecular weight is 299 g/mol. The molecule has 1 heterocycles. The summed E-state index contributed by atoms with van der Waals surface area (Å²) >= 11 is 3.55. The van der Waals surface area contributed by atoms with Gasteiger partial charge in [-0.2, -0.15) is 0 Å². The lowest BCUT2D eigenvalue weighted by atomic mass is 9.98. The molecule has 17 heavy (non-hydrogen) atoms. The monoisotopic (exact) mass is 298 g/mol. The Labute approximate surface area is 111 Å². The summed E-state index contributed by atoms with van der Waals surface area (Å²) in [6, 6.07) is 6.32. The molecule has 1 atom stereocenters. The fourth-order valence-electron chi connectivity index (χ4n) is 2.35. The number of benzene rings is 1. The van der Waals surface area contributed by atoms with Gasteiger partial charge in [-0.1, -0.05) is 22.0 Å². The Bertz CT molecular complexity index is 384. The molecule has 1 aromatic rings. The number of piperidine rings is 1. The maximum Gasteiger partial charge on any atom is 0.0476 e. The van der Waals surface area contributed by atoms with Gasteiger partial charge in [-0.05, 0) is 36.5 Å². The van der Waals surface area contributed by atoms with Crippen molar-refractivity contribution in [2.75, 3.05) is 24.6 Å². The number of halogens is 1. The van der Waals surface area contributed by atoms with Gasteiger partial charge < -0.3 is 15.7 Å². The third kappa shape index (κ3) is 3.00. The van der Waals surface area contributed by atoms with Gasteiger partial charge in [-0.3, -0.25) is 0 Å². The van der Waals surface area contributed by atoms with Crippen LogP contribution in [0.2, 0.25) is 0 Å². The average Bonchev–Trinajstić information content (AvgIpc) is 2.38. The Morgan fingerprint density at radius 2 is 2.29 bits per heavy atom. The van der Waals surface area contributed by atoms with Gasteiger partial charge in [-0.15, -0.1) is 0 Å². The number of aliphatic hydroxyl groups excluding tert-OH is 1. The molecule has 2 rings (SSSR count). The van der Waals surface area contributed by atoms with E-state index in [0.29, 0.717) is 19.1 Å². The van der Waals surface area contributed by atoms with Crippen LogP contribution in [0.1, 0.15) is 18.4 Å². The molecule has 1 fully saturated rings. The van der Waals surface area contributed by atoms with Gasteiger partial charge in [0.05, 0.1) is 0 Å². The third-order valence-corrected chi connectivity index (χ3v) is 4.14. The number of anilines is 1. The van der Waals surface area contributed by atoms with Crippen molar-refractivity contribution in [2.45, 2.75) is 19.4 Å². The second kappa shape index (κ2) is 5.85. The highest BCUT2D eigenvalue weighted by Gasteiger charge is 2.19. The highest BCUT2D eigenvalue weighted by atomic mass is 79.9. The van der Waals surface area contributed by atoms with E-state index in [1.165, 1.54) is 5.69 Å². The first-order valence-electron chi connectivity index (χ1n) is 6.09. The molecular formula is C13H19BrN2O. The van der Waals surface area contributed by atoms with Crippen molar-refractivity contribution in [3.05, 3.63) is 28.2 Å². The quantitative estimate of drug-likeness (QED) is 0.899. The highest BCUT2D eigenvalue weighted by Crippen LogP contribution is 2.27. The molecule has 0 aromatic heterocycles. The van der Waals surface area contributed by atoms with E-state index in [9.17, 15) is 5.11 Å². The van der Waals surface area contributed by atoms with Gasteiger partial charge in [-0.25, -0.2) is 0 Å². The smallest absolute Gasteiger partial charge is 0.0476 e. The van der Waals surface area contributed by atoms with E-state index in [2.05, 4.69) is 39.0 Å². The lowest BCUT2D eigenvalue weighted by Crippen LogP contribution is -2.36. The van der Waals surface area contributed by atoms with Crippen LogP contribution in [0.4, 0.5) is 5.69 Å². The van der Waals surface area contributed by atoms with Crippen LogP contribution in [0, 0.1) is 5.92 Å². The number of aliphatic hydroxyl groups is 1. The number of nitrogens with two attached hydrogens (primary N) is 1. The van der Waals surface area contributed by atoms with Crippen LogP contribution in [0.5, 0.6) is 0 Å².